The van der Waals surface area contributed by atoms with Crippen molar-refractivity contribution in [2.75, 3.05) is 38.4 Å². The summed E-state index contributed by atoms with van der Waals surface area (Å²) in [5.74, 6) is 2.11. The maximum Gasteiger partial charge on any atom is 0.234 e. The Bertz CT molecular complexity index is 1030. The van der Waals surface area contributed by atoms with Gasteiger partial charge < -0.3 is 19.5 Å². The van der Waals surface area contributed by atoms with Crippen molar-refractivity contribution in [1.82, 2.24) is 5.01 Å². The highest BCUT2D eigenvalue weighted by molar-refractivity contribution is 8.14. The minimum absolute atomic E-state index is 0.118. The summed E-state index contributed by atoms with van der Waals surface area (Å²) in [4.78, 5) is 16.9. The van der Waals surface area contributed by atoms with Crippen molar-refractivity contribution in [3.8, 4) is 17.2 Å². The molecule has 0 saturated heterocycles. The van der Waals surface area contributed by atoms with Gasteiger partial charge >= 0.3 is 0 Å². The number of aliphatic imine (C=N–C) groups is 1. The normalized spacial score (nSPS) is 13.0. The first-order chi connectivity index (χ1) is 15.5. The molecule has 1 aliphatic heterocycles. The Balaban J connectivity index is 1.63. The van der Waals surface area contributed by atoms with E-state index in [1.54, 1.807) is 60.7 Å². The Morgan fingerprint density at radius 3 is 2.66 bits per heavy atom. The Morgan fingerprint density at radius 2 is 1.97 bits per heavy atom. The number of hydrogen-bond acceptors (Lipinski definition) is 8. The van der Waals surface area contributed by atoms with Gasteiger partial charge in [-0.15, -0.1) is 11.7 Å². The van der Waals surface area contributed by atoms with Crippen LogP contribution in [0, 0.1) is 0 Å². The lowest BCUT2D eigenvalue weighted by Crippen LogP contribution is -2.33. The molecule has 3 rings (SSSR count). The Labute approximate surface area is 195 Å². The molecule has 1 aliphatic rings. The van der Waals surface area contributed by atoms with E-state index >= 15 is 0 Å². The fourth-order valence-electron chi connectivity index (χ4n) is 2.73. The lowest BCUT2D eigenvalue weighted by atomic mass is 10.2. The van der Waals surface area contributed by atoms with Gasteiger partial charge in [0.1, 0.15) is 12.3 Å². The largest absolute Gasteiger partial charge is 0.493 e. The van der Waals surface area contributed by atoms with Gasteiger partial charge in [-0.3, -0.25) is 9.80 Å². The summed E-state index contributed by atoms with van der Waals surface area (Å²) >= 11 is 7.13. The predicted molar refractivity (Wildman–Crippen MR) is 129 cm³/mol. The number of nitrogens with one attached hydrogen (secondary N) is 1. The lowest BCUT2D eigenvalue weighted by Gasteiger charge is -2.23. The highest BCUT2D eigenvalue weighted by atomic mass is 35.5. The highest BCUT2D eigenvalue weighted by Gasteiger charge is 2.18. The number of rotatable bonds is 8. The quantitative estimate of drug-likeness (QED) is 0.575. The van der Waals surface area contributed by atoms with Gasteiger partial charge in [-0.25, -0.2) is 0 Å². The van der Waals surface area contributed by atoms with Crippen LogP contribution in [0.15, 0.2) is 65.2 Å². The molecule has 0 atom stereocenters. The molecular formula is C22H23ClN4O4S. The molecule has 10 heteroatoms. The number of ether oxygens (including phenoxy) is 3. The maximum absolute atomic E-state index is 12.4. The van der Waals surface area contributed by atoms with Gasteiger partial charge in [-0.1, -0.05) is 29.4 Å². The van der Waals surface area contributed by atoms with Gasteiger partial charge in [0, 0.05) is 16.8 Å². The third-order valence-electron chi connectivity index (χ3n) is 4.15. The molecule has 1 amide bonds. The molecule has 0 aliphatic carbocycles. The van der Waals surface area contributed by atoms with Gasteiger partial charge in [0.2, 0.25) is 17.0 Å². The summed E-state index contributed by atoms with van der Waals surface area (Å²) in [6, 6.07) is 12.2. The molecule has 0 fully saturated rings. The zero-order chi connectivity index (χ0) is 22.9. The number of benzene rings is 2. The number of halogens is 1. The summed E-state index contributed by atoms with van der Waals surface area (Å²) in [6.45, 7) is 4.65. The molecule has 168 valence electrons. The summed E-state index contributed by atoms with van der Waals surface area (Å²) in [6.07, 6.45) is 1.74. The summed E-state index contributed by atoms with van der Waals surface area (Å²) < 4.78 is 16.3. The molecule has 0 radical (unpaired) electrons. The number of amides is 1. The fourth-order valence-corrected chi connectivity index (χ4v) is 3.53. The molecule has 0 saturated carbocycles. The number of carbonyl (C=O) groups is 1. The summed E-state index contributed by atoms with van der Waals surface area (Å²) in [5, 5.41) is 10.1. The maximum atomic E-state index is 12.4. The number of nitrogens with zero attached hydrogens (tertiary/aromatic N) is 3. The third kappa shape index (κ3) is 6.66. The second-order valence-corrected chi connectivity index (χ2v) is 7.87. The standard InChI is InChI=1S/C22H23ClN4O4S/c1-4-11-27-13-21(31-17-8-5-15(23)6-9-17)25-22(26-27)32-14-20(28)24-16-7-10-18(29-2)19(12-16)30-3/h4-10,12H,1,11,13-14H2,2-3H3,(H,24,28). The van der Waals surface area contributed by atoms with Crippen molar-refractivity contribution in [1.29, 1.82) is 0 Å². The molecule has 0 spiro atoms. The number of thioether (sulfide) groups is 1. The van der Waals surface area contributed by atoms with Crippen LogP contribution in [-0.2, 0) is 4.79 Å². The van der Waals surface area contributed by atoms with E-state index in [1.807, 2.05) is 0 Å². The van der Waals surface area contributed by atoms with E-state index in [-0.39, 0.29) is 11.7 Å². The van der Waals surface area contributed by atoms with Crippen LogP contribution in [0.25, 0.3) is 0 Å². The van der Waals surface area contributed by atoms with E-state index in [0.717, 1.165) is 0 Å². The highest BCUT2D eigenvalue weighted by Crippen LogP contribution is 2.29. The van der Waals surface area contributed by atoms with E-state index in [1.165, 1.54) is 18.9 Å². The van der Waals surface area contributed by atoms with E-state index in [0.29, 0.717) is 52.1 Å². The second kappa shape index (κ2) is 11.4. The van der Waals surface area contributed by atoms with Gasteiger partial charge in [-0.05, 0) is 36.4 Å². The number of amidine groups is 1. The van der Waals surface area contributed by atoms with E-state index in [4.69, 9.17) is 25.8 Å². The average Bonchev–Trinajstić information content (AvgIpc) is 2.79. The van der Waals surface area contributed by atoms with Gasteiger partial charge in [0.05, 0.1) is 26.5 Å². The molecule has 1 heterocycles. The zero-order valence-corrected chi connectivity index (χ0v) is 19.3. The number of methoxy groups -OCH3 is 2. The van der Waals surface area contributed by atoms with Crippen molar-refractivity contribution >= 4 is 46.0 Å². The Hall–Kier alpha value is -3.17. The molecule has 0 unspecified atom stereocenters. The van der Waals surface area contributed by atoms with Crippen LogP contribution < -0.4 is 19.5 Å². The van der Waals surface area contributed by atoms with Crippen molar-refractivity contribution in [2.45, 2.75) is 0 Å². The number of carbonyl (C=O) groups excluding carboxylic acids is 1. The average molecular weight is 475 g/mol. The van der Waals surface area contributed by atoms with Gasteiger partial charge in [0.25, 0.3) is 0 Å². The van der Waals surface area contributed by atoms with Crippen LogP contribution >= 0.6 is 23.4 Å². The molecule has 0 aromatic heterocycles. The summed E-state index contributed by atoms with van der Waals surface area (Å²) in [5.41, 5.74) is 0.599. The molecule has 2 aromatic rings. The molecular weight excluding hydrogens is 452 g/mol. The topological polar surface area (TPSA) is 84.8 Å². The minimum Gasteiger partial charge on any atom is -0.493 e. The first kappa shape index (κ1) is 23.5. The second-order valence-electron chi connectivity index (χ2n) is 6.49. The number of anilines is 1. The molecule has 2 aromatic carbocycles. The van der Waals surface area contributed by atoms with E-state index < -0.39 is 0 Å². The minimum atomic E-state index is -0.207. The van der Waals surface area contributed by atoms with Crippen molar-refractivity contribution in [2.24, 2.45) is 10.1 Å². The monoisotopic (exact) mass is 474 g/mol. The van der Waals surface area contributed by atoms with E-state index in [2.05, 4.69) is 22.0 Å². The first-order valence-electron chi connectivity index (χ1n) is 9.61. The van der Waals surface area contributed by atoms with Crippen LogP contribution in [0.2, 0.25) is 5.02 Å². The molecule has 8 nitrogen and oxygen atoms in total. The summed E-state index contributed by atoms with van der Waals surface area (Å²) in [7, 11) is 3.09. The van der Waals surface area contributed by atoms with Gasteiger partial charge in [-0.2, -0.15) is 4.99 Å². The SMILES string of the molecule is C=CCN1CC(Oc2ccc(Cl)cc2)=NC(SCC(=O)Nc2ccc(OC)c(OC)c2)=N1. The molecule has 32 heavy (non-hydrogen) atoms. The lowest BCUT2D eigenvalue weighted by molar-refractivity contribution is -0.113. The predicted octanol–water partition coefficient (Wildman–Crippen LogP) is 4.28. The number of hydrazone groups is 1. The molecule has 1 N–H and O–H groups in total. The van der Waals surface area contributed by atoms with Crippen molar-refractivity contribution in [3.63, 3.8) is 0 Å². The van der Waals surface area contributed by atoms with Gasteiger partial charge in [0.15, 0.2) is 11.5 Å². The van der Waals surface area contributed by atoms with Crippen LogP contribution in [0.3, 0.4) is 0 Å². The fraction of sp³-hybridized carbons (Fsp3) is 0.227. The smallest absolute Gasteiger partial charge is 0.234 e. The van der Waals surface area contributed by atoms with Crippen molar-refractivity contribution < 1.29 is 19.0 Å². The van der Waals surface area contributed by atoms with Crippen LogP contribution in [0.1, 0.15) is 0 Å². The Kier molecular flexibility index (Phi) is 8.41. The zero-order valence-electron chi connectivity index (χ0n) is 17.7. The number of hydrogen-bond donors (Lipinski definition) is 1. The molecule has 0 bridgehead atoms. The van der Waals surface area contributed by atoms with E-state index in [9.17, 15) is 4.79 Å². The third-order valence-corrected chi connectivity index (χ3v) is 5.24. The van der Waals surface area contributed by atoms with Crippen molar-refractivity contribution in [3.05, 3.63) is 60.1 Å². The van der Waals surface area contributed by atoms with Crippen LogP contribution in [0.4, 0.5) is 5.69 Å². The Morgan fingerprint density at radius 1 is 1.22 bits per heavy atom. The van der Waals surface area contributed by atoms with Crippen LogP contribution in [-0.4, -0.2) is 55.0 Å². The van der Waals surface area contributed by atoms with Crippen LogP contribution in [0.5, 0.6) is 17.2 Å². The first-order valence-corrected chi connectivity index (χ1v) is 11.0.